The number of methoxy groups -OCH3 is 1. The quantitative estimate of drug-likeness (QED) is 0.642. The number of rotatable bonds is 7. The number of amides is 1. The van der Waals surface area contributed by atoms with Crippen LogP contribution in [0.2, 0.25) is 0 Å². The smallest absolute Gasteiger partial charge is 0.251 e. The zero-order valence-electron chi connectivity index (χ0n) is 15.8. The highest BCUT2D eigenvalue weighted by Crippen LogP contribution is 2.28. The molecule has 0 spiro atoms. The van der Waals surface area contributed by atoms with Crippen LogP contribution in [0.4, 0.5) is 0 Å². The highest BCUT2D eigenvalue weighted by atomic mass is 16.5. The summed E-state index contributed by atoms with van der Waals surface area (Å²) in [5.74, 6) is -0.0968. The van der Waals surface area contributed by atoms with Crippen molar-refractivity contribution in [2.45, 2.75) is 18.9 Å². The van der Waals surface area contributed by atoms with Crippen molar-refractivity contribution in [3.63, 3.8) is 0 Å². The van der Waals surface area contributed by atoms with Crippen molar-refractivity contribution in [3.8, 4) is 11.1 Å². The SMILES string of the molecule is CCC(CNC(=O)c1ccc(-c2ccccc2)cc1)(OC)c1ccccc1. The third kappa shape index (κ3) is 4.26. The molecule has 0 aliphatic heterocycles. The summed E-state index contributed by atoms with van der Waals surface area (Å²) in [6.45, 7) is 2.49. The minimum absolute atomic E-state index is 0.0968. The third-order valence-corrected chi connectivity index (χ3v) is 5.05. The van der Waals surface area contributed by atoms with Crippen molar-refractivity contribution in [2.75, 3.05) is 13.7 Å². The Bertz CT molecular complexity index is 854. The molecule has 1 atom stereocenters. The number of benzene rings is 3. The topological polar surface area (TPSA) is 38.3 Å². The highest BCUT2D eigenvalue weighted by Gasteiger charge is 2.30. The second-order valence-corrected chi connectivity index (χ2v) is 6.54. The predicted molar refractivity (Wildman–Crippen MR) is 110 cm³/mol. The standard InChI is InChI=1S/C24H25NO2/c1-3-24(27-2,22-12-8-5-9-13-22)18-25-23(26)21-16-14-20(15-17-21)19-10-6-4-7-11-19/h4-17H,3,18H2,1-2H3,(H,25,26). The van der Waals surface area contributed by atoms with Gasteiger partial charge in [-0.15, -0.1) is 0 Å². The van der Waals surface area contributed by atoms with Gasteiger partial charge >= 0.3 is 0 Å². The molecular formula is C24H25NO2. The monoisotopic (exact) mass is 359 g/mol. The molecule has 3 rings (SSSR count). The summed E-state index contributed by atoms with van der Waals surface area (Å²) in [5.41, 5.74) is 3.41. The van der Waals surface area contributed by atoms with Gasteiger partial charge in [-0.2, -0.15) is 0 Å². The number of nitrogens with one attached hydrogen (secondary N) is 1. The Balaban J connectivity index is 1.71. The summed E-state index contributed by atoms with van der Waals surface area (Å²) >= 11 is 0. The first kappa shape index (κ1) is 18.9. The maximum absolute atomic E-state index is 12.6. The molecule has 0 aliphatic carbocycles. The van der Waals surface area contributed by atoms with E-state index in [9.17, 15) is 4.79 Å². The van der Waals surface area contributed by atoms with Crippen molar-refractivity contribution in [1.82, 2.24) is 5.32 Å². The lowest BCUT2D eigenvalue weighted by molar-refractivity contribution is -0.0164. The minimum Gasteiger partial charge on any atom is -0.372 e. The fourth-order valence-electron chi connectivity index (χ4n) is 3.28. The molecule has 3 heteroatoms. The van der Waals surface area contributed by atoms with Crippen LogP contribution in [0.3, 0.4) is 0 Å². The number of carbonyl (C=O) groups is 1. The van der Waals surface area contributed by atoms with E-state index in [4.69, 9.17) is 4.74 Å². The van der Waals surface area contributed by atoms with Crippen LogP contribution in [0.1, 0.15) is 29.3 Å². The summed E-state index contributed by atoms with van der Waals surface area (Å²) < 4.78 is 5.82. The van der Waals surface area contributed by atoms with Crippen LogP contribution in [-0.2, 0) is 10.3 Å². The first-order chi connectivity index (χ1) is 13.2. The molecule has 1 amide bonds. The Morgan fingerprint density at radius 3 is 1.96 bits per heavy atom. The van der Waals surface area contributed by atoms with E-state index < -0.39 is 5.60 Å². The van der Waals surface area contributed by atoms with Gasteiger partial charge < -0.3 is 10.1 Å². The van der Waals surface area contributed by atoms with Crippen LogP contribution < -0.4 is 5.32 Å². The minimum atomic E-state index is -0.527. The van der Waals surface area contributed by atoms with Gasteiger partial charge in [-0.25, -0.2) is 0 Å². The van der Waals surface area contributed by atoms with E-state index in [2.05, 4.69) is 24.4 Å². The molecule has 27 heavy (non-hydrogen) atoms. The molecule has 0 aliphatic rings. The average Bonchev–Trinajstić information content (AvgIpc) is 2.76. The lowest BCUT2D eigenvalue weighted by Gasteiger charge is -2.32. The molecule has 0 heterocycles. The average molecular weight is 359 g/mol. The van der Waals surface area contributed by atoms with Crippen LogP contribution in [-0.4, -0.2) is 19.6 Å². The van der Waals surface area contributed by atoms with Gasteiger partial charge in [0.25, 0.3) is 5.91 Å². The molecule has 1 unspecified atom stereocenters. The Labute approximate surface area is 161 Å². The maximum atomic E-state index is 12.6. The number of ether oxygens (including phenoxy) is 1. The molecule has 0 saturated heterocycles. The van der Waals surface area contributed by atoms with Gasteiger partial charge in [0.15, 0.2) is 0 Å². The molecule has 0 radical (unpaired) electrons. The van der Waals surface area contributed by atoms with Gasteiger partial charge in [0.2, 0.25) is 0 Å². The van der Waals surface area contributed by atoms with Crippen molar-refractivity contribution in [1.29, 1.82) is 0 Å². The second kappa shape index (κ2) is 8.65. The first-order valence-corrected chi connectivity index (χ1v) is 9.23. The van der Waals surface area contributed by atoms with E-state index in [0.29, 0.717) is 12.1 Å². The lowest BCUT2D eigenvalue weighted by Crippen LogP contribution is -2.41. The third-order valence-electron chi connectivity index (χ3n) is 5.05. The summed E-state index contributed by atoms with van der Waals surface area (Å²) in [6.07, 6.45) is 0.765. The number of carbonyl (C=O) groups excluding carboxylic acids is 1. The van der Waals surface area contributed by atoms with E-state index in [1.54, 1.807) is 7.11 Å². The number of hydrogen-bond donors (Lipinski definition) is 1. The van der Waals surface area contributed by atoms with Crippen molar-refractivity contribution in [3.05, 3.63) is 96.1 Å². The summed E-state index contributed by atoms with van der Waals surface area (Å²) in [4.78, 5) is 12.6. The van der Waals surface area contributed by atoms with Crippen molar-refractivity contribution >= 4 is 5.91 Å². The molecule has 0 saturated carbocycles. The van der Waals surface area contributed by atoms with Crippen LogP contribution >= 0.6 is 0 Å². The van der Waals surface area contributed by atoms with Crippen LogP contribution in [0, 0.1) is 0 Å². The Hall–Kier alpha value is -2.91. The molecule has 0 bridgehead atoms. The van der Waals surface area contributed by atoms with E-state index in [1.165, 1.54) is 0 Å². The van der Waals surface area contributed by atoms with Crippen LogP contribution in [0.5, 0.6) is 0 Å². The summed E-state index contributed by atoms with van der Waals surface area (Å²) in [5, 5.41) is 3.04. The molecule has 3 aromatic rings. The fourth-order valence-corrected chi connectivity index (χ4v) is 3.28. The molecule has 1 N–H and O–H groups in total. The Morgan fingerprint density at radius 2 is 1.41 bits per heavy atom. The normalized spacial score (nSPS) is 13.0. The van der Waals surface area contributed by atoms with Crippen molar-refractivity contribution < 1.29 is 9.53 Å². The molecule has 3 nitrogen and oxygen atoms in total. The van der Waals surface area contributed by atoms with E-state index in [0.717, 1.165) is 23.1 Å². The Kier molecular flexibility index (Phi) is 6.05. The summed E-state index contributed by atoms with van der Waals surface area (Å²) in [7, 11) is 1.69. The molecule has 138 valence electrons. The zero-order chi connectivity index (χ0) is 19.1. The lowest BCUT2D eigenvalue weighted by atomic mass is 9.90. The van der Waals surface area contributed by atoms with E-state index in [-0.39, 0.29) is 5.91 Å². The van der Waals surface area contributed by atoms with Gasteiger partial charge in [0.1, 0.15) is 5.60 Å². The second-order valence-electron chi connectivity index (χ2n) is 6.54. The number of hydrogen-bond acceptors (Lipinski definition) is 2. The van der Waals surface area contributed by atoms with Gasteiger partial charge in [-0.3, -0.25) is 4.79 Å². The largest absolute Gasteiger partial charge is 0.372 e. The molecular weight excluding hydrogens is 334 g/mol. The predicted octanol–water partition coefficient (Wildman–Crippen LogP) is 5.04. The molecule has 0 aromatic heterocycles. The molecule has 0 fully saturated rings. The van der Waals surface area contributed by atoms with Crippen LogP contribution in [0.15, 0.2) is 84.9 Å². The van der Waals surface area contributed by atoms with E-state index >= 15 is 0 Å². The van der Waals surface area contributed by atoms with Gasteiger partial charge in [-0.05, 0) is 35.2 Å². The zero-order valence-corrected chi connectivity index (χ0v) is 15.8. The van der Waals surface area contributed by atoms with Crippen molar-refractivity contribution in [2.24, 2.45) is 0 Å². The van der Waals surface area contributed by atoms with Gasteiger partial charge in [0, 0.05) is 12.7 Å². The van der Waals surface area contributed by atoms with E-state index in [1.807, 2.05) is 72.8 Å². The Morgan fingerprint density at radius 1 is 0.852 bits per heavy atom. The van der Waals surface area contributed by atoms with Crippen LogP contribution in [0.25, 0.3) is 11.1 Å². The summed E-state index contributed by atoms with van der Waals surface area (Å²) in [6, 6.07) is 27.8. The van der Waals surface area contributed by atoms with Gasteiger partial charge in [-0.1, -0.05) is 79.7 Å². The highest BCUT2D eigenvalue weighted by molar-refractivity contribution is 5.94. The first-order valence-electron chi connectivity index (χ1n) is 9.23. The maximum Gasteiger partial charge on any atom is 0.251 e. The fraction of sp³-hybridized carbons (Fsp3) is 0.208. The van der Waals surface area contributed by atoms with Gasteiger partial charge in [0.05, 0.1) is 6.54 Å². The molecule has 3 aromatic carbocycles.